The molecule has 0 radical (unpaired) electrons. The molecule has 1 amide bonds. The fraction of sp³-hybridized carbons (Fsp3) is 0.600. The lowest BCUT2D eigenvalue weighted by Gasteiger charge is -2.47. The highest BCUT2D eigenvalue weighted by Gasteiger charge is 2.39. The van der Waals surface area contributed by atoms with Crippen LogP contribution in [-0.2, 0) is 6.42 Å². The molecule has 0 aromatic carbocycles. The van der Waals surface area contributed by atoms with Crippen molar-refractivity contribution in [2.45, 2.75) is 38.1 Å². The zero-order valence-corrected chi connectivity index (χ0v) is 13.1. The Kier molecular flexibility index (Phi) is 4.66. The molecule has 1 aromatic rings. The van der Waals surface area contributed by atoms with Gasteiger partial charge in [0, 0.05) is 23.3 Å². The van der Waals surface area contributed by atoms with Gasteiger partial charge in [0.05, 0.1) is 0 Å². The summed E-state index contributed by atoms with van der Waals surface area (Å²) in [5, 5.41) is 3.41. The zero-order valence-electron chi connectivity index (χ0n) is 12.4. The molecule has 0 spiro atoms. The highest BCUT2D eigenvalue weighted by atomic mass is 35.5. The predicted octanol–water partition coefficient (Wildman–Crippen LogP) is 2.51. The Bertz CT molecular complexity index is 498. The number of nitrogens with zero attached hydrogens (tertiary/aromatic N) is 2. The minimum absolute atomic E-state index is 0.0721. The first-order valence-electron chi connectivity index (χ1n) is 7.09. The molecular weight excluding hydrogens is 274 g/mol. The lowest BCUT2D eigenvalue weighted by Crippen LogP contribution is -2.57. The molecule has 1 aliphatic carbocycles. The number of hydrogen-bond acceptors (Lipinski definition) is 3. The topological polar surface area (TPSA) is 45.2 Å². The van der Waals surface area contributed by atoms with Crippen molar-refractivity contribution in [2.24, 2.45) is 0 Å². The second kappa shape index (κ2) is 6.10. The standard InChI is InChI=1S/C15H22ClN3O/c1-4-12-8-11(9-13(16)18-12)14(20)17-10-15(19(2)3)6-5-7-15/h8-9H,4-7,10H2,1-3H3,(H,17,20). The van der Waals surface area contributed by atoms with E-state index in [0.717, 1.165) is 25.0 Å². The first-order chi connectivity index (χ1) is 9.47. The third-order valence-electron chi connectivity index (χ3n) is 4.28. The average molecular weight is 296 g/mol. The van der Waals surface area contributed by atoms with Crippen molar-refractivity contribution in [3.63, 3.8) is 0 Å². The molecular formula is C15H22ClN3O. The highest BCUT2D eigenvalue weighted by Crippen LogP contribution is 2.35. The van der Waals surface area contributed by atoms with Crippen LogP contribution in [0.25, 0.3) is 0 Å². The zero-order chi connectivity index (χ0) is 14.8. The predicted molar refractivity (Wildman–Crippen MR) is 81.2 cm³/mol. The number of halogens is 1. The van der Waals surface area contributed by atoms with Crippen LogP contribution in [0.4, 0.5) is 0 Å². The fourth-order valence-corrected chi connectivity index (χ4v) is 2.80. The van der Waals surface area contributed by atoms with Crippen molar-refractivity contribution in [3.8, 4) is 0 Å². The molecule has 5 heteroatoms. The van der Waals surface area contributed by atoms with Crippen LogP contribution >= 0.6 is 11.6 Å². The van der Waals surface area contributed by atoms with Crippen molar-refractivity contribution >= 4 is 17.5 Å². The van der Waals surface area contributed by atoms with Crippen LogP contribution in [0, 0.1) is 0 Å². The Morgan fingerprint density at radius 3 is 2.65 bits per heavy atom. The van der Waals surface area contributed by atoms with Crippen LogP contribution in [0.2, 0.25) is 5.15 Å². The Morgan fingerprint density at radius 1 is 1.45 bits per heavy atom. The molecule has 2 rings (SSSR count). The van der Waals surface area contributed by atoms with Crippen LogP contribution in [0.1, 0.15) is 42.2 Å². The summed E-state index contributed by atoms with van der Waals surface area (Å²) in [7, 11) is 4.15. The number of carbonyl (C=O) groups excluding carboxylic acids is 1. The van der Waals surface area contributed by atoms with Crippen molar-refractivity contribution in [3.05, 3.63) is 28.5 Å². The van der Waals surface area contributed by atoms with E-state index in [1.807, 2.05) is 13.0 Å². The van der Waals surface area contributed by atoms with Gasteiger partial charge in [-0.3, -0.25) is 4.79 Å². The molecule has 0 aliphatic heterocycles. The molecule has 0 unspecified atom stereocenters. The number of aromatic nitrogens is 1. The van der Waals surface area contributed by atoms with Crippen molar-refractivity contribution in [2.75, 3.05) is 20.6 Å². The van der Waals surface area contributed by atoms with Crippen molar-refractivity contribution in [1.29, 1.82) is 0 Å². The molecule has 1 aliphatic rings. The van der Waals surface area contributed by atoms with Gasteiger partial charge in [0.1, 0.15) is 5.15 Å². The molecule has 0 atom stereocenters. The molecule has 1 aromatic heterocycles. The molecule has 1 fully saturated rings. The quantitative estimate of drug-likeness (QED) is 0.849. The summed E-state index contributed by atoms with van der Waals surface area (Å²) in [6.45, 7) is 2.68. The minimum Gasteiger partial charge on any atom is -0.350 e. The lowest BCUT2D eigenvalue weighted by atomic mass is 9.75. The molecule has 110 valence electrons. The van der Waals surface area contributed by atoms with E-state index in [-0.39, 0.29) is 11.4 Å². The molecule has 1 heterocycles. The summed E-state index contributed by atoms with van der Waals surface area (Å²) in [4.78, 5) is 18.7. The molecule has 1 saturated carbocycles. The van der Waals surface area contributed by atoms with E-state index in [9.17, 15) is 4.79 Å². The third kappa shape index (κ3) is 3.13. The number of pyridine rings is 1. The van der Waals surface area contributed by atoms with Gasteiger partial charge >= 0.3 is 0 Å². The Labute approximate surface area is 125 Å². The monoisotopic (exact) mass is 295 g/mol. The van der Waals surface area contributed by atoms with E-state index in [1.165, 1.54) is 6.42 Å². The van der Waals surface area contributed by atoms with E-state index in [2.05, 4.69) is 29.3 Å². The maximum Gasteiger partial charge on any atom is 0.251 e. The SMILES string of the molecule is CCc1cc(C(=O)NCC2(N(C)C)CCC2)cc(Cl)n1. The highest BCUT2D eigenvalue weighted by molar-refractivity contribution is 6.29. The smallest absolute Gasteiger partial charge is 0.251 e. The second-order valence-electron chi connectivity index (χ2n) is 5.68. The number of aryl methyl sites for hydroxylation is 1. The van der Waals surface area contributed by atoms with E-state index in [4.69, 9.17) is 11.6 Å². The third-order valence-corrected chi connectivity index (χ3v) is 4.48. The van der Waals surface area contributed by atoms with Gasteiger partial charge in [-0.1, -0.05) is 18.5 Å². The van der Waals surface area contributed by atoms with Gasteiger partial charge in [-0.05, 0) is 51.9 Å². The van der Waals surface area contributed by atoms with Crippen LogP contribution in [0.5, 0.6) is 0 Å². The van der Waals surface area contributed by atoms with Crippen molar-refractivity contribution in [1.82, 2.24) is 15.2 Å². The van der Waals surface area contributed by atoms with Crippen LogP contribution in [0.15, 0.2) is 12.1 Å². The first-order valence-corrected chi connectivity index (χ1v) is 7.47. The average Bonchev–Trinajstić information content (AvgIpc) is 2.35. The Balaban J connectivity index is 2.03. The number of likely N-dealkylation sites (N-methyl/N-ethyl adjacent to an activating group) is 1. The van der Waals surface area contributed by atoms with E-state index >= 15 is 0 Å². The number of nitrogens with one attached hydrogen (secondary N) is 1. The summed E-state index contributed by atoms with van der Waals surface area (Å²) in [6, 6.07) is 3.43. The summed E-state index contributed by atoms with van der Waals surface area (Å²) in [5.41, 5.74) is 1.56. The van der Waals surface area contributed by atoms with Gasteiger partial charge in [-0.15, -0.1) is 0 Å². The summed E-state index contributed by atoms with van der Waals surface area (Å²) >= 11 is 5.95. The maximum absolute atomic E-state index is 12.3. The van der Waals surface area contributed by atoms with Gasteiger partial charge in [0.15, 0.2) is 0 Å². The van der Waals surface area contributed by atoms with E-state index < -0.39 is 0 Å². The minimum atomic E-state index is -0.0721. The summed E-state index contributed by atoms with van der Waals surface area (Å²) < 4.78 is 0. The number of carbonyl (C=O) groups is 1. The van der Waals surface area contributed by atoms with Crippen LogP contribution in [-0.4, -0.2) is 42.0 Å². The second-order valence-corrected chi connectivity index (χ2v) is 6.07. The molecule has 20 heavy (non-hydrogen) atoms. The molecule has 0 saturated heterocycles. The van der Waals surface area contributed by atoms with Gasteiger partial charge < -0.3 is 10.2 Å². The van der Waals surface area contributed by atoms with Crippen LogP contribution < -0.4 is 5.32 Å². The number of amides is 1. The van der Waals surface area contributed by atoms with Gasteiger partial charge in [0.25, 0.3) is 5.91 Å². The number of hydrogen-bond donors (Lipinski definition) is 1. The van der Waals surface area contributed by atoms with Gasteiger partial charge in [-0.25, -0.2) is 4.98 Å². The molecule has 0 bridgehead atoms. The lowest BCUT2D eigenvalue weighted by molar-refractivity contribution is 0.0557. The van der Waals surface area contributed by atoms with Gasteiger partial charge in [0.2, 0.25) is 0 Å². The summed E-state index contributed by atoms with van der Waals surface area (Å²) in [5.74, 6) is -0.0721. The van der Waals surface area contributed by atoms with Crippen molar-refractivity contribution < 1.29 is 4.79 Å². The number of rotatable bonds is 5. The van der Waals surface area contributed by atoms with Crippen LogP contribution in [0.3, 0.4) is 0 Å². The largest absolute Gasteiger partial charge is 0.350 e. The Hall–Kier alpha value is -1.13. The fourth-order valence-electron chi connectivity index (χ4n) is 2.58. The summed E-state index contributed by atoms with van der Waals surface area (Å²) in [6.07, 6.45) is 4.27. The normalized spacial score (nSPS) is 16.9. The van der Waals surface area contributed by atoms with Gasteiger partial charge in [-0.2, -0.15) is 0 Å². The molecule has 1 N–H and O–H groups in total. The maximum atomic E-state index is 12.3. The molecule has 4 nitrogen and oxygen atoms in total. The van der Waals surface area contributed by atoms with E-state index in [0.29, 0.717) is 17.3 Å². The Morgan fingerprint density at radius 2 is 2.15 bits per heavy atom. The van der Waals surface area contributed by atoms with E-state index in [1.54, 1.807) is 6.07 Å². The first kappa shape index (κ1) is 15.3.